The number of nitrogens with two attached hydrogens (primary N) is 1. The minimum Gasteiger partial charge on any atom is -0.448 e. The summed E-state index contributed by atoms with van der Waals surface area (Å²) in [7, 11) is 1.82. The molecule has 4 N–H and O–H groups in total. The number of aromatic nitrogens is 2. The van der Waals surface area contributed by atoms with Gasteiger partial charge >= 0.3 is 6.09 Å². The Balaban J connectivity index is 2.91. The van der Waals surface area contributed by atoms with E-state index in [4.69, 9.17) is 5.73 Å². The van der Waals surface area contributed by atoms with Crippen LogP contribution in [0, 0.1) is 6.92 Å². The summed E-state index contributed by atoms with van der Waals surface area (Å²) in [4.78, 5) is 19.5. The number of anilines is 2. The van der Waals surface area contributed by atoms with Crippen molar-refractivity contribution in [2.24, 2.45) is 5.73 Å². The van der Waals surface area contributed by atoms with Crippen molar-refractivity contribution < 1.29 is 9.53 Å². The van der Waals surface area contributed by atoms with Crippen molar-refractivity contribution in [3.63, 3.8) is 0 Å². The molecule has 1 aromatic heterocycles. The van der Waals surface area contributed by atoms with Crippen LogP contribution in [-0.4, -0.2) is 36.3 Å². The van der Waals surface area contributed by atoms with Gasteiger partial charge in [-0.1, -0.05) is 20.8 Å². The van der Waals surface area contributed by atoms with Gasteiger partial charge < -0.3 is 21.1 Å². The Bertz CT molecular complexity index is 482. The first-order chi connectivity index (χ1) is 9.25. The van der Waals surface area contributed by atoms with E-state index in [1.165, 1.54) is 0 Å². The summed E-state index contributed by atoms with van der Waals surface area (Å²) >= 11 is 0. The predicted octanol–water partition coefficient (Wildman–Crippen LogP) is 1.63. The molecule has 1 rings (SSSR count). The number of carbonyl (C=O) groups excluding carboxylic acids is 1. The highest BCUT2D eigenvalue weighted by atomic mass is 16.5. The Kier molecular flexibility index (Phi) is 5.12. The number of amides is 1. The van der Waals surface area contributed by atoms with Gasteiger partial charge in [-0.15, -0.1) is 0 Å². The maximum Gasteiger partial charge on any atom is 0.404 e. The molecule has 0 unspecified atom stereocenters. The summed E-state index contributed by atoms with van der Waals surface area (Å²) in [5.74, 6) is 2.25. The Labute approximate surface area is 119 Å². The number of primary amides is 1. The van der Waals surface area contributed by atoms with Crippen molar-refractivity contribution in [3.8, 4) is 0 Å². The Hall–Kier alpha value is -2.05. The van der Waals surface area contributed by atoms with Gasteiger partial charge in [0.25, 0.3) is 0 Å². The van der Waals surface area contributed by atoms with E-state index in [0.717, 1.165) is 23.0 Å². The Morgan fingerprint density at radius 1 is 1.30 bits per heavy atom. The van der Waals surface area contributed by atoms with Crippen LogP contribution in [-0.2, 0) is 10.2 Å². The second-order valence-electron chi connectivity index (χ2n) is 5.46. The van der Waals surface area contributed by atoms with Crippen LogP contribution in [0.5, 0.6) is 0 Å². The summed E-state index contributed by atoms with van der Waals surface area (Å²) in [6.07, 6.45) is -0.780. The minimum atomic E-state index is -0.780. The van der Waals surface area contributed by atoms with E-state index in [0.29, 0.717) is 6.54 Å². The quantitative estimate of drug-likeness (QED) is 0.709. The lowest BCUT2D eigenvalue weighted by Crippen LogP contribution is -2.22. The third-order valence-corrected chi connectivity index (χ3v) is 2.69. The van der Waals surface area contributed by atoms with Gasteiger partial charge in [0.1, 0.15) is 24.1 Å². The number of rotatable bonds is 5. The van der Waals surface area contributed by atoms with E-state index in [-0.39, 0.29) is 12.0 Å². The number of hydrogen-bond acceptors (Lipinski definition) is 6. The van der Waals surface area contributed by atoms with Gasteiger partial charge in [0.05, 0.1) is 6.54 Å². The highest BCUT2D eigenvalue weighted by molar-refractivity contribution is 5.64. The van der Waals surface area contributed by atoms with Crippen LogP contribution in [0.25, 0.3) is 0 Å². The maximum absolute atomic E-state index is 10.5. The van der Waals surface area contributed by atoms with Gasteiger partial charge in [-0.25, -0.2) is 14.8 Å². The molecule has 1 aromatic rings. The Morgan fingerprint density at radius 2 is 1.90 bits per heavy atom. The van der Waals surface area contributed by atoms with Crippen LogP contribution in [0.15, 0.2) is 0 Å². The van der Waals surface area contributed by atoms with Crippen LogP contribution in [0.1, 0.15) is 32.2 Å². The van der Waals surface area contributed by atoms with E-state index < -0.39 is 6.09 Å². The fraction of sp³-hybridized carbons (Fsp3) is 0.615. The molecular weight excluding hydrogens is 258 g/mol. The largest absolute Gasteiger partial charge is 0.448 e. The lowest BCUT2D eigenvalue weighted by atomic mass is 9.95. The van der Waals surface area contributed by atoms with Crippen LogP contribution in [0.4, 0.5) is 16.4 Å². The van der Waals surface area contributed by atoms with Crippen molar-refractivity contribution >= 4 is 17.7 Å². The molecule has 1 amide bonds. The molecule has 0 saturated carbocycles. The minimum absolute atomic E-state index is 0.153. The molecule has 0 radical (unpaired) electrons. The standard InChI is InChI=1S/C13H23N5O2/c1-8-9(15-5)17-11(13(2,3)4)18-10(8)16-6-7-20-12(14)19/h6-7H2,1-5H3,(H2,14,19)(H2,15,16,17,18). The molecule has 0 aliphatic heterocycles. The number of carbonyl (C=O) groups is 1. The first kappa shape index (κ1) is 16.0. The normalized spacial score (nSPS) is 11.1. The van der Waals surface area contributed by atoms with E-state index in [2.05, 4.69) is 46.1 Å². The topological polar surface area (TPSA) is 102 Å². The first-order valence-corrected chi connectivity index (χ1v) is 6.48. The third-order valence-electron chi connectivity index (χ3n) is 2.69. The van der Waals surface area contributed by atoms with Crippen LogP contribution >= 0.6 is 0 Å². The molecule has 0 atom stereocenters. The van der Waals surface area contributed by atoms with Crippen molar-refractivity contribution in [1.82, 2.24) is 9.97 Å². The third kappa shape index (κ3) is 4.25. The summed E-state index contributed by atoms with van der Waals surface area (Å²) in [5, 5.41) is 6.19. The number of nitrogens with zero attached hydrogens (tertiary/aromatic N) is 2. The molecule has 0 aliphatic rings. The molecule has 0 saturated heterocycles. The zero-order valence-electron chi connectivity index (χ0n) is 12.7. The zero-order valence-corrected chi connectivity index (χ0v) is 12.7. The van der Waals surface area contributed by atoms with E-state index >= 15 is 0 Å². The first-order valence-electron chi connectivity index (χ1n) is 6.48. The predicted molar refractivity (Wildman–Crippen MR) is 79.0 cm³/mol. The zero-order chi connectivity index (χ0) is 15.3. The number of ether oxygens (including phenoxy) is 1. The summed E-state index contributed by atoms with van der Waals surface area (Å²) in [5.41, 5.74) is 5.67. The summed E-state index contributed by atoms with van der Waals surface area (Å²) in [6.45, 7) is 8.72. The van der Waals surface area contributed by atoms with E-state index in [1.807, 2.05) is 14.0 Å². The molecule has 20 heavy (non-hydrogen) atoms. The molecular formula is C13H23N5O2. The molecule has 7 heteroatoms. The van der Waals surface area contributed by atoms with Gasteiger partial charge in [0, 0.05) is 18.0 Å². The van der Waals surface area contributed by atoms with Crippen LogP contribution in [0.3, 0.4) is 0 Å². The average Bonchev–Trinajstić information content (AvgIpc) is 2.34. The molecule has 0 bridgehead atoms. The SMILES string of the molecule is CNc1nc(C(C)(C)C)nc(NCCOC(N)=O)c1C. The van der Waals surface area contributed by atoms with E-state index in [9.17, 15) is 4.79 Å². The monoisotopic (exact) mass is 281 g/mol. The molecule has 0 aliphatic carbocycles. The highest BCUT2D eigenvalue weighted by Gasteiger charge is 2.20. The summed E-state index contributed by atoms with van der Waals surface area (Å²) in [6, 6.07) is 0. The average molecular weight is 281 g/mol. The van der Waals surface area contributed by atoms with Crippen molar-refractivity contribution in [3.05, 3.63) is 11.4 Å². The maximum atomic E-state index is 10.5. The van der Waals surface area contributed by atoms with Gasteiger partial charge in [0.15, 0.2) is 0 Å². The van der Waals surface area contributed by atoms with Gasteiger partial charge in [-0.3, -0.25) is 0 Å². The fourth-order valence-electron chi connectivity index (χ4n) is 1.59. The van der Waals surface area contributed by atoms with Gasteiger partial charge in [-0.05, 0) is 6.92 Å². The van der Waals surface area contributed by atoms with E-state index in [1.54, 1.807) is 0 Å². The molecule has 112 valence electrons. The van der Waals surface area contributed by atoms with Crippen molar-refractivity contribution in [1.29, 1.82) is 0 Å². The lowest BCUT2D eigenvalue weighted by molar-refractivity contribution is 0.161. The fourth-order valence-corrected chi connectivity index (χ4v) is 1.59. The van der Waals surface area contributed by atoms with Crippen molar-refractivity contribution in [2.75, 3.05) is 30.8 Å². The number of hydrogen-bond donors (Lipinski definition) is 3. The lowest BCUT2D eigenvalue weighted by Gasteiger charge is -2.20. The molecule has 0 aromatic carbocycles. The van der Waals surface area contributed by atoms with Gasteiger partial charge in [0.2, 0.25) is 0 Å². The Morgan fingerprint density at radius 3 is 2.40 bits per heavy atom. The molecule has 0 fully saturated rings. The van der Waals surface area contributed by atoms with Gasteiger partial charge in [-0.2, -0.15) is 0 Å². The number of nitrogens with one attached hydrogen (secondary N) is 2. The highest BCUT2D eigenvalue weighted by Crippen LogP contribution is 2.25. The van der Waals surface area contributed by atoms with Crippen LogP contribution in [0.2, 0.25) is 0 Å². The smallest absolute Gasteiger partial charge is 0.404 e. The summed E-state index contributed by atoms with van der Waals surface area (Å²) < 4.78 is 4.67. The molecule has 1 heterocycles. The molecule has 7 nitrogen and oxygen atoms in total. The second kappa shape index (κ2) is 6.40. The van der Waals surface area contributed by atoms with Crippen molar-refractivity contribution in [2.45, 2.75) is 33.1 Å². The van der Waals surface area contributed by atoms with Crippen LogP contribution < -0.4 is 16.4 Å². The molecule has 0 spiro atoms. The second-order valence-corrected chi connectivity index (χ2v) is 5.46.